The van der Waals surface area contributed by atoms with Crippen LogP contribution < -0.4 is 9.47 Å². The first-order valence-corrected chi connectivity index (χ1v) is 9.27. The summed E-state index contributed by atoms with van der Waals surface area (Å²) in [5.74, 6) is 1.34. The zero-order valence-electron chi connectivity index (χ0n) is 16.7. The fraction of sp³-hybridized carbons (Fsp3) is 0.600. The number of ether oxygens (including phenoxy) is 3. The number of hydrogen-bond donors (Lipinski definition) is 0. The van der Waals surface area contributed by atoms with Gasteiger partial charge in [-0.25, -0.2) is 4.79 Å². The van der Waals surface area contributed by atoms with Crippen molar-refractivity contribution in [3.8, 4) is 11.5 Å². The molecule has 0 bridgehead atoms. The Morgan fingerprint density at radius 1 is 1.30 bits per heavy atom. The maximum atomic E-state index is 12.4. The second kappa shape index (κ2) is 7.38. The summed E-state index contributed by atoms with van der Waals surface area (Å²) in [5.41, 5.74) is 1.00. The average molecular weight is 376 g/mol. The molecule has 0 aliphatic carbocycles. The van der Waals surface area contributed by atoms with Crippen molar-refractivity contribution in [1.29, 1.82) is 0 Å². The Bertz CT molecular complexity index is 741. The van der Waals surface area contributed by atoms with Gasteiger partial charge >= 0.3 is 6.09 Å². The number of ketones is 1. The summed E-state index contributed by atoms with van der Waals surface area (Å²) in [6, 6.07) is 3.61. The molecule has 0 aromatic heterocycles. The number of Topliss-reactive ketones (excluding diaryl/α,β-unsaturated/α-hetero) is 1. The fourth-order valence-corrected chi connectivity index (χ4v) is 3.54. The van der Waals surface area contributed by atoms with Crippen molar-refractivity contribution in [3.63, 3.8) is 0 Å². The molecule has 2 aliphatic heterocycles. The minimum absolute atomic E-state index is 0.00276. The average Bonchev–Trinajstić information content (AvgIpc) is 2.95. The lowest BCUT2D eigenvalue weighted by Gasteiger charge is -2.40. The van der Waals surface area contributed by atoms with E-state index in [4.69, 9.17) is 14.2 Å². The molecule has 1 saturated heterocycles. The Kier molecular flexibility index (Phi) is 5.33. The van der Waals surface area contributed by atoms with Crippen molar-refractivity contribution < 1.29 is 23.8 Å². The molecule has 3 rings (SSSR count). The molecule has 1 amide bonds. The Labute approximate surface area is 160 Å². The topological polar surface area (TPSA) is 68.3 Å². The van der Waals surface area contributed by atoms with Gasteiger partial charge in [0, 0.05) is 32.2 Å². The third-order valence-corrected chi connectivity index (χ3v) is 4.81. The van der Waals surface area contributed by atoms with Crippen LogP contribution in [-0.2, 0) is 11.3 Å². The molecule has 27 heavy (non-hydrogen) atoms. The highest BCUT2D eigenvalue weighted by molar-refractivity contribution is 6.03. The summed E-state index contributed by atoms with van der Waals surface area (Å²) in [4.78, 5) is 28.4. The Hall–Kier alpha value is -2.28. The maximum absolute atomic E-state index is 12.4. The lowest BCUT2D eigenvalue weighted by molar-refractivity contribution is 0.000397. The van der Waals surface area contributed by atoms with Gasteiger partial charge in [0.1, 0.15) is 17.1 Å². The molecule has 1 aromatic rings. The van der Waals surface area contributed by atoms with E-state index in [0.29, 0.717) is 43.2 Å². The van der Waals surface area contributed by atoms with Gasteiger partial charge in [-0.3, -0.25) is 9.69 Å². The van der Waals surface area contributed by atoms with Crippen LogP contribution in [0.15, 0.2) is 12.1 Å². The highest BCUT2D eigenvalue weighted by Crippen LogP contribution is 2.37. The number of rotatable bonds is 3. The van der Waals surface area contributed by atoms with Crippen molar-refractivity contribution in [2.75, 3.05) is 33.4 Å². The number of piperazine rings is 1. The summed E-state index contributed by atoms with van der Waals surface area (Å²) in [6.07, 6.45) is -0.276. The lowest BCUT2D eigenvalue weighted by Crippen LogP contribution is -2.54. The number of fused-ring (bicyclic) bond motifs is 1. The molecule has 0 N–H and O–H groups in total. The SMILES string of the molecule is COc1ccc2c(c1CN1CCN(C(=O)OC(C)(C)C)[C@@H](C)C1)OCC2=O. The van der Waals surface area contributed by atoms with Gasteiger partial charge in [0.25, 0.3) is 0 Å². The van der Waals surface area contributed by atoms with Crippen molar-refractivity contribution in [1.82, 2.24) is 9.80 Å². The van der Waals surface area contributed by atoms with E-state index in [2.05, 4.69) is 4.90 Å². The van der Waals surface area contributed by atoms with Gasteiger partial charge in [0.05, 0.1) is 18.2 Å². The van der Waals surface area contributed by atoms with Gasteiger partial charge < -0.3 is 19.1 Å². The third-order valence-electron chi connectivity index (χ3n) is 4.81. The largest absolute Gasteiger partial charge is 0.496 e. The number of benzene rings is 1. The standard InChI is InChI=1S/C20H28N2O5/c1-13-10-21(8-9-22(13)19(24)27-20(2,3)4)11-15-17(25-5)7-6-14-16(23)12-26-18(14)15/h6-7,13H,8-12H2,1-5H3/t13-/m0/s1. The highest BCUT2D eigenvalue weighted by atomic mass is 16.6. The van der Waals surface area contributed by atoms with E-state index in [1.807, 2.05) is 33.8 Å². The normalized spacial score (nSPS) is 20.3. The van der Waals surface area contributed by atoms with Gasteiger partial charge in [-0.15, -0.1) is 0 Å². The molecular formula is C20H28N2O5. The van der Waals surface area contributed by atoms with Gasteiger partial charge in [-0.05, 0) is 39.8 Å². The van der Waals surface area contributed by atoms with Crippen LogP contribution in [0, 0.1) is 0 Å². The predicted molar refractivity (Wildman–Crippen MR) is 100 cm³/mol. The summed E-state index contributed by atoms with van der Waals surface area (Å²) in [7, 11) is 1.62. The number of nitrogens with zero attached hydrogens (tertiary/aromatic N) is 2. The quantitative estimate of drug-likeness (QED) is 0.808. The molecule has 0 radical (unpaired) electrons. The maximum Gasteiger partial charge on any atom is 0.410 e. The molecule has 0 unspecified atom stereocenters. The van der Waals surface area contributed by atoms with Crippen LogP contribution in [0.3, 0.4) is 0 Å². The molecule has 1 fully saturated rings. The Morgan fingerprint density at radius 3 is 2.67 bits per heavy atom. The molecule has 2 heterocycles. The first-order chi connectivity index (χ1) is 12.7. The number of hydrogen-bond acceptors (Lipinski definition) is 6. The molecule has 7 heteroatoms. The number of carbonyl (C=O) groups excluding carboxylic acids is 2. The van der Waals surface area contributed by atoms with Crippen LogP contribution in [0.4, 0.5) is 4.79 Å². The monoisotopic (exact) mass is 376 g/mol. The molecule has 2 aliphatic rings. The zero-order chi connectivity index (χ0) is 19.8. The van der Waals surface area contributed by atoms with Crippen LogP contribution in [0.5, 0.6) is 11.5 Å². The summed E-state index contributed by atoms with van der Waals surface area (Å²) >= 11 is 0. The molecule has 1 aromatic carbocycles. The van der Waals surface area contributed by atoms with Crippen molar-refractivity contribution in [2.24, 2.45) is 0 Å². The van der Waals surface area contributed by atoms with Crippen LogP contribution in [0.2, 0.25) is 0 Å². The van der Waals surface area contributed by atoms with E-state index < -0.39 is 5.60 Å². The second-order valence-electron chi connectivity index (χ2n) is 8.09. The van der Waals surface area contributed by atoms with Crippen LogP contribution >= 0.6 is 0 Å². The second-order valence-corrected chi connectivity index (χ2v) is 8.09. The molecular weight excluding hydrogens is 348 g/mol. The van der Waals surface area contributed by atoms with Crippen molar-refractivity contribution in [3.05, 3.63) is 23.3 Å². The molecule has 0 spiro atoms. The smallest absolute Gasteiger partial charge is 0.410 e. The summed E-state index contributed by atoms with van der Waals surface area (Å²) < 4.78 is 16.6. The minimum atomic E-state index is -0.504. The zero-order valence-corrected chi connectivity index (χ0v) is 16.7. The Balaban J connectivity index is 1.71. The van der Waals surface area contributed by atoms with Crippen molar-refractivity contribution in [2.45, 2.75) is 45.9 Å². The molecule has 7 nitrogen and oxygen atoms in total. The fourth-order valence-electron chi connectivity index (χ4n) is 3.54. The summed E-state index contributed by atoms with van der Waals surface area (Å²) in [6.45, 7) is 10.3. The van der Waals surface area contributed by atoms with Crippen LogP contribution in [-0.4, -0.2) is 66.7 Å². The van der Waals surface area contributed by atoms with E-state index in [-0.39, 0.29) is 24.5 Å². The van der Waals surface area contributed by atoms with E-state index in [9.17, 15) is 9.59 Å². The molecule has 148 valence electrons. The third kappa shape index (κ3) is 4.18. The van der Waals surface area contributed by atoms with E-state index in [1.54, 1.807) is 18.1 Å². The van der Waals surface area contributed by atoms with Crippen LogP contribution in [0.25, 0.3) is 0 Å². The van der Waals surface area contributed by atoms with E-state index in [1.165, 1.54) is 0 Å². The number of carbonyl (C=O) groups is 2. The minimum Gasteiger partial charge on any atom is -0.496 e. The van der Waals surface area contributed by atoms with Gasteiger partial charge in [-0.1, -0.05) is 0 Å². The van der Waals surface area contributed by atoms with Gasteiger partial charge in [0.2, 0.25) is 5.78 Å². The molecule has 1 atom stereocenters. The van der Waals surface area contributed by atoms with Crippen LogP contribution in [0.1, 0.15) is 43.6 Å². The lowest BCUT2D eigenvalue weighted by atomic mass is 10.0. The molecule has 0 saturated carbocycles. The van der Waals surface area contributed by atoms with Gasteiger partial charge in [0.15, 0.2) is 6.61 Å². The number of amides is 1. The van der Waals surface area contributed by atoms with Gasteiger partial charge in [-0.2, -0.15) is 0 Å². The Morgan fingerprint density at radius 2 is 2.04 bits per heavy atom. The predicted octanol–water partition coefficient (Wildman–Crippen LogP) is 2.71. The first kappa shape index (κ1) is 19.5. The highest BCUT2D eigenvalue weighted by Gasteiger charge is 2.33. The summed E-state index contributed by atoms with van der Waals surface area (Å²) in [5, 5.41) is 0. The number of methoxy groups -OCH3 is 1. The van der Waals surface area contributed by atoms with Crippen molar-refractivity contribution >= 4 is 11.9 Å². The van der Waals surface area contributed by atoms with E-state index >= 15 is 0 Å². The van der Waals surface area contributed by atoms with E-state index in [0.717, 1.165) is 5.56 Å². The first-order valence-electron chi connectivity index (χ1n) is 9.27.